The lowest BCUT2D eigenvalue weighted by Crippen LogP contribution is -2.56. The zero-order valence-electron chi connectivity index (χ0n) is 18.7. The van der Waals surface area contributed by atoms with Crippen LogP contribution in [-0.2, 0) is 16.1 Å². The second kappa shape index (κ2) is 8.77. The van der Waals surface area contributed by atoms with E-state index in [2.05, 4.69) is 20.3 Å². The molecule has 7 nitrogen and oxygen atoms in total. The molecule has 2 bridgehead atoms. The van der Waals surface area contributed by atoms with E-state index in [0.717, 1.165) is 32.5 Å². The van der Waals surface area contributed by atoms with Gasteiger partial charge in [0.05, 0.1) is 30.6 Å². The van der Waals surface area contributed by atoms with Crippen molar-refractivity contribution in [3.8, 4) is 11.1 Å². The van der Waals surface area contributed by atoms with E-state index in [9.17, 15) is 9.18 Å². The van der Waals surface area contributed by atoms with Gasteiger partial charge in [0.25, 0.3) is 0 Å². The molecule has 3 aromatic rings. The van der Waals surface area contributed by atoms with Crippen molar-refractivity contribution in [2.75, 3.05) is 18.4 Å². The second-order valence-electron chi connectivity index (χ2n) is 9.36. The number of fused-ring (bicyclic) bond motifs is 2. The lowest BCUT2D eigenvalue weighted by atomic mass is 9.98. The number of amides is 1. The molecule has 8 heteroatoms. The summed E-state index contributed by atoms with van der Waals surface area (Å²) in [5.41, 5.74) is 3.53. The van der Waals surface area contributed by atoms with E-state index in [0.29, 0.717) is 40.6 Å². The fraction of sp³-hybridized carbons (Fsp3) is 0.346. The predicted octanol–water partition coefficient (Wildman–Crippen LogP) is 4.04. The molecule has 174 valence electrons. The largest absolute Gasteiger partial charge is 0.372 e. The SMILES string of the molecule is O=C(C=Cc1cncc(F)c1-c1cnn(C2CC2)c1)Nc1ccc(CN2CC3CC(C2)O3)cc1. The number of aromatic nitrogens is 3. The Morgan fingerprint density at radius 1 is 1.15 bits per heavy atom. The van der Waals surface area contributed by atoms with E-state index < -0.39 is 5.82 Å². The molecule has 34 heavy (non-hydrogen) atoms. The number of carbonyl (C=O) groups is 1. The summed E-state index contributed by atoms with van der Waals surface area (Å²) in [7, 11) is 0. The van der Waals surface area contributed by atoms with Crippen molar-refractivity contribution in [3.63, 3.8) is 0 Å². The zero-order chi connectivity index (χ0) is 23.1. The van der Waals surface area contributed by atoms with Crippen LogP contribution in [0.4, 0.5) is 10.1 Å². The first-order chi connectivity index (χ1) is 16.6. The smallest absolute Gasteiger partial charge is 0.248 e. The van der Waals surface area contributed by atoms with E-state index in [1.807, 2.05) is 35.1 Å². The van der Waals surface area contributed by atoms with Gasteiger partial charge in [-0.15, -0.1) is 0 Å². The van der Waals surface area contributed by atoms with Gasteiger partial charge in [0.2, 0.25) is 5.91 Å². The molecule has 0 radical (unpaired) electrons. The van der Waals surface area contributed by atoms with Crippen LogP contribution in [0, 0.1) is 5.82 Å². The first-order valence-electron chi connectivity index (χ1n) is 11.7. The van der Waals surface area contributed by atoms with E-state index in [1.165, 1.54) is 24.3 Å². The fourth-order valence-corrected chi connectivity index (χ4v) is 4.76. The molecule has 2 aromatic heterocycles. The van der Waals surface area contributed by atoms with Gasteiger partial charge in [-0.2, -0.15) is 5.10 Å². The minimum absolute atomic E-state index is 0.287. The van der Waals surface area contributed by atoms with Crippen LogP contribution < -0.4 is 5.32 Å². The van der Waals surface area contributed by atoms with Crippen molar-refractivity contribution in [2.24, 2.45) is 0 Å². The topological polar surface area (TPSA) is 72.3 Å². The third-order valence-corrected chi connectivity index (χ3v) is 6.62. The molecule has 0 spiro atoms. The molecular weight excluding hydrogens is 433 g/mol. The van der Waals surface area contributed by atoms with Crippen LogP contribution in [-0.4, -0.2) is 50.9 Å². The fourth-order valence-electron chi connectivity index (χ4n) is 4.76. The molecule has 1 N–H and O–H groups in total. The number of rotatable bonds is 7. The van der Waals surface area contributed by atoms with Crippen molar-refractivity contribution < 1.29 is 13.9 Å². The van der Waals surface area contributed by atoms with E-state index in [-0.39, 0.29) is 5.91 Å². The number of pyridine rings is 1. The molecule has 5 heterocycles. The van der Waals surface area contributed by atoms with E-state index >= 15 is 0 Å². The molecule has 4 aliphatic rings. The van der Waals surface area contributed by atoms with Crippen LogP contribution in [0.2, 0.25) is 0 Å². The normalized spacial score (nSPS) is 22.0. The summed E-state index contributed by atoms with van der Waals surface area (Å²) in [5.74, 6) is -0.726. The Hall–Kier alpha value is -3.36. The first kappa shape index (κ1) is 21.2. The summed E-state index contributed by atoms with van der Waals surface area (Å²) >= 11 is 0. The number of hydrogen-bond acceptors (Lipinski definition) is 5. The lowest BCUT2D eigenvalue weighted by molar-refractivity contribution is -0.182. The number of nitrogens with zero attached hydrogens (tertiary/aromatic N) is 4. The Morgan fingerprint density at radius 3 is 2.65 bits per heavy atom. The van der Waals surface area contributed by atoms with Gasteiger partial charge in [0.15, 0.2) is 0 Å². The maximum absolute atomic E-state index is 14.6. The zero-order valence-corrected chi connectivity index (χ0v) is 18.7. The van der Waals surface area contributed by atoms with Crippen LogP contribution >= 0.6 is 0 Å². The predicted molar refractivity (Wildman–Crippen MR) is 126 cm³/mol. The molecule has 3 saturated heterocycles. The first-order valence-corrected chi connectivity index (χ1v) is 11.7. The van der Waals surface area contributed by atoms with Crippen LogP contribution in [0.25, 0.3) is 17.2 Å². The van der Waals surface area contributed by atoms with E-state index in [4.69, 9.17) is 4.74 Å². The summed E-state index contributed by atoms with van der Waals surface area (Å²) in [5, 5.41) is 7.22. The second-order valence-corrected chi connectivity index (χ2v) is 9.36. The van der Waals surface area contributed by atoms with Gasteiger partial charge in [-0.25, -0.2) is 4.39 Å². The third-order valence-electron chi connectivity index (χ3n) is 6.62. The van der Waals surface area contributed by atoms with Crippen LogP contribution in [0.15, 0.2) is 55.1 Å². The highest BCUT2D eigenvalue weighted by molar-refractivity contribution is 6.02. The summed E-state index contributed by atoms with van der Waals surface area (Å²) in [4.78, 5) is 18.9. The Kier molecular flexibility index (Phi) is 5.47. The summed E-state index contributed by atoms with van der Waals surface area (Å²) in [6.45, 7) is 2.85. The minimum atomic E-state index is -0.439. The van der Waals surface area contributed by atoms with Gasteiger partial charge in [0, 0.05) is 66.9 Å². The Morgan fingerprint density at radius 2 is 1.91 bits per heavy atom. The highest BCUT2D eigenvalue weighted by Crippen LogP contribution is 2.36. The molecule has 1 aromatic carbocycles. The molecular formula is C26H26FN5O2. The van der Waals surface area contributed by atoms with Crippen LogP contribution in [0.3, 0.4) is 0 Å². The molecule has 7 rings (SSSR count). The maximum Gasteiger partial charge on any atom is 0.248 e. The van der Waals surface area contributed by atoms with Crippen molar-refractivity contribution in [2.45, 2.75) is 44.1 Å². The minimum Gasteiger partial charge on any atom is -0.372 e. The summed E-state index contributed by atoms with van der Waals surface area (Å²) in [6.07, 6.45) is 13.4. The van der Waals surface area contributed by atoms with Gasteiger partial charge in [-0.3, -0.25) is 19.4 Å². The Balaban J connectivity index is 1.10. The molecule has 1 amide bonds. The number of hydrogen-bond donors (Lipinski definition) is 1. The summed E-state index contributed by atoms with van der Waals surface area (Å²) < 4.78 is 22.2. The number of piperidine rings is 1. The van der Waals surface area contributed by atoms with E-state index in [1.54, 1.807) is 18.5 Å². The number of benzene rings is 1. The monoisotopic (exact) mass is 459 g/mol. The molecule has 2 unspecified atom stereocenters. The van der Waals surface area contributed by atoms with Crippen LogP contribution in [0.5, 0.6) is 0 Å². The summed E-state index contributed by atoms with van der Waals surface area (Å²) in [6, 6.07) is 8.29. The molecule has 1 aliphatic carbocycles. The number of morpholine rings is 1. The average Bonchev–Trinajstić information content (AvgIpc) is 3.56. The highest BCUT2D eigenvalue weighted by atomic mass is 19.1. The van der Waals surface area contributed by atoms with Crippen molar-refractivity contribution in [3.05, 3.63) is 72.1 Å². The number of anilines is 1. The quantitative estimate of drug-likeness (QED) is 0.540. The van der Waals surface area contributed by atoms with Crippen LogP contribution in [0.1, 0.15) is 36.4 Å². The Bertz CT molecular complexity index is 1220. The van der Waals surface area contributed by atoms with Gasteiger partial charge in [-0.05, 0) is 36.6 Å². The maximum atomic E-state index is 14.6. The number of nitrogens with one attached hydrogen (secondary N) is 1. The van der Waals surface area contributed by atoms with Gasteiger partial charge in [0.1, 0.15) is 5.82 Å². The molecule has 4 fully saturated rings. The Labute approximate surface area is 197 Å². The molecule has 2 atom stereocenters. The number of halogens is 1. The van der Waals surface area contributed by atoms with Gasteiger partial charge < -0.3 is 10.1 Å². The average molecular weight is 460 g/mol. The van der Waals surface area contributed by atoms with Crippen molar-refractivity contribution >= 4 is 17.7 Å². The van der Waals surface area contributed by atoms with Crippen molar-refractivity contribution in [1.29, 1.82) is 0 Å². The number of ether oxygens (including phenoxy) is 1. The van der Waals surface area contributed by atoms with Gasteiger partial charge >= 0.3 is 0 Å². The van der Waals surface area contributed by atoms with Gasteiger partial charge in [-0.1, -0.05) is 12.1 Å². The molecule has 3 aliphatic heterocycles. The third kappa shape index (κ3) is 4.51. The van der Waals surface area contributed by atoms with Crippen molar-refractivity contribution in [1.82, 2.24) is 19.7 Å². The highest BCUT2D eigenvalue weighted by Gasteiger charge is 2.37. The standard InChI is InChI=1S/C26H26FN5O2/c27-24-12-28-10-18(26(24)19-11-29-32(14-19)21-6-7-21)3-8-25(33)30-20-4-1-17(2-5-20)13-31-15-22-9-23(16-31)34-22/h1-5,8,10-12,14,21-23H,6-7,9,13,15-16H2,(H,30,33). The molecule has 1 saturated carbocycles. The number of carbonyl (C=O) groups excluding carboxylic acids is 1. The lowest BCUT2D eigenvalue weighted by Gasteiger charge is -2.47.